The van der Waals surface area contributed by atoms with Crippen molar-refractivity contribution < 1.29 is 9.90 Å². The highest BCUT2D eigenvalue weighted by molar-refractivity contribution is 6.31. The SMILES string of the molecule is O=C(O)c1cc(Cl)ccc1-c1cccc2ccccc12. The standard InChI is InChI=1S/C17H11ClO2/c18-12-8-9-15(16(10-12)17(19)20)14-7-3-5-11-4-1-2-6-13(11)14/h1-10H,(H,19,20). The fraction of sp³-hybridized carbons (Fsp3) is 0. The molecule has 0 heterocycles. The van der Waals surface area contributed by atoms with Crippen LogP contribution < -0.4 is 0 Å². The van der Waals surface area contributed by atoms with Crippen LogP contribution in [0.5, 0.6) is 0 Å². The van der Waals surface area contributed by atoms with Crippen LogP contribution in [0.15, 0.2) is 60.7 Å². The number of carboxylic acids is 1. The van der Waals surface area contributed by atoms with Gasteiger partial charge in [0.25, 0.3) is 0 Å². The summed E-state index contributed by atoms with van der Waals surface area (Å²) < 4.78 is 0. The molecule has 0 radical (unpaired) electrons. The second-order valence-electron chi connectivity index (χ2n) is 4.52. The van der Waals surface area contributed by atoms with Crippen molar-refractivity contribution in [2.24, 2.45) is 0 Å². The van der Waals surface area contributed by atoms with E-state index in [1.807, 2.05) is 42.5 Å². The molecule has 0 atom stereocenters. The zero-order valence-electron chi connectivity index (χ0n) is 10.5. The molecule has 0 aliphatic carbocycles. The third-order valence-corrected chi connectivity index (χ3v) is 3.53. The molecule has 0 saturated heterocycles. The van der Waals surface area contributed by atoms with E-state index < -0.39 is 5.97 Å². The molecule has 0 unspecified atom stereocenters. The van der Waals surface area contributed by atoms with Gasteiger partial charge >= 0.3 is 5.97 Å². The van der Waals surface area contributed by atoms with Crippen molar-refractivity contribution >= 4 is 28.3 Å². The Hall–Kier alpha value is -2.32. The highest BCUT2D eigenvalue weighted by atomic mass is 35.5. The Morgan fingerprint density at radius 3 is 2.45 bits per heavy atom. The zero-order valence-corrected chi connectivity index (χ0v) is 11.3. The number of carboxylic acid groups (broad SMARTS) is 1. The van der Waals surface area contributed by atoms with Crippen molar-refractivity contribution in [3.05, 3.63) is 71.2 Å². The molecule has 20 heavy (non-hydrogen) atoms. The van der Waals surface area contributed by atoms with Gasteiger partial charge in [0.15, 0.2) is 0 Å². The van der Waals surface area contributed by atoms with Gasteiger partial charge in [0.1, 0.15) is 0 Å². The van der Waals surface area contributed by atoms with Gasteiger partial charge < -0.3 is 5.11 Å². The van der Waals surface area contributed by atoms with E-state index in [1.165, 1.54) is 6.07 Å². The van der Waals surface area contributed by atoms with Crippen LogP contribution in [0.4, 0.5) is 0 Å². The molecule has 2 nitrogen and oxygen atoms in total. The lowest BCUT2D eigenvalue weighted by atomic mass is 9.95. The van der Waals surface area contributed by atoms with Crippen molar-refractivity contribution in [1.82, 2.24) is 0 Å². The summed E-state index contributed by atoms with van der Waals surface area (Å²) in [5, 5.41) is 11.9. The van der Waals surface area contributed by atoms with Crippen molar-refractivity contribution in [2.75, 3.05) is 0 Å². The number of rotatable bonds is 2. The van der Waals surface area contributed by atoms with Crippen LogP contribution in [0.2, 0.25) is 5.02 Å². The molecule has 98 valence electrons. The van der Waals surface area contributed by atoms with Gasteiger partial charge in [-0.25, -0.2) is 4.79 Å². The fourth-order valence-electron chi connectivity index (χ4n) is 2.39. The molecule has 0 amide bonds. The van der Waals surface area contributed by atoms with Gasteiger partial charge in [-0.05, 0) is 34.0 Å². The summed E-state index contributed by atoms with van der Waals surface area (Å²) in [5.74, 6) is -0.976. The average molecular weight is 283 g/mol. The van der Waals surface area contributed by atoms with E-state index in [-0.39, 0.29) is 5.56 Å². The first-order chi connectivity index (χ1) is 9.66. The lowest BCUT2D eigenvalue weighted by Crippen LogP contribution is -1.99. The minimum Gasteiger partial charge on any atom is -0.478 e. The number of carbonyl (C=O) groups is 1. The molecule has 0 saturated carbocycles. The first-order valence-electron chi connectivity index (χ1n) is 6.18. The summed E-state index contributed by atoms with van der Waals surface area (Å²) in [5.41, 5.74) is 1.80. The summed E-state index contributed by atoms with van der Waals surface area (Å²) in [6.07, 6.45) is 0. The molecule has 0 aliphatic rings. The molecule has 0 aromatic heterocycles. The number of hydrogen-bond donors (Lipinski definition) is 1. The van der Waals surface area contributed by atoms with Crippen LogP contribution in [-0.2, 0) is 0 Å². The molecular formula is C17H11ClO2. The first-order valence-corrected chi connectivity index (χ1v) is 6.55. The van der Waals surface area contributed by atoms with Crippen LogP contribution in [0.3, 0.4) is 0 Å². The van der Waals surface area contributed by atoms with E-state index >= 15 is 0 Å². The predicted molar refractivity (Wildman–Crippen MR) is 81.4 cm³/mol. The van der Waals surface area contributed by atoms with E-state index in [0.717, 1.165) is 16.3 Å². The third kappa shape index (κ3) is 2.15. The monoisotopic (exact) mass is 282 g/mol. The molecular weight excluding hydrogens is 272 g/mol. The van der Waals surface area contributed by atoms with Crippen molar-refractivity contribution in [3.63, 3.8) is 0 Å². The van der Waals surface area contributed by atoms with Crippen LogP contribution in [0.25, 0.3) is 21.9 Å². The molecule has 3 rings (SSSR count). The van der Waals surface area contributed by atoms with Crippen LogP contribution in [0.1, 0.15) is 10.4 Å². The maximum absolute atomic E-state index is 11.4. The number of benzene rings is 3. The van der Waals surface area contributed by atoms with Crippen molar-refractivity contribution in [2.45, 2.75) is 0 Å². The number of halogens is 1. The summed E-state index contributed by atoms with van der Waals surface area (Å²) in [6.45, 7) is 0. The van der Waals surface area contributed by atoms with Gasteiger partial charge in [-0.3, -0.25) is 0 Å². The lowest BCUT2D eigenvalue weighted by Gasteiger charge is -2.10. The van der Waals surface area contributed by atoms with Gasteiger partial charge in [-0.15, -0.1) is 0 Å². The molecule has 0 bridgehead atoms. The average Bonchev–Trinajstić information content (AvgIpc) is 2.46. The van der Waals surface area contributed by atoms with Gasteiger partial charge in [-0.2, -0.15) is 0 Å². The Morgan fingerprint density at radius 1 is 0.900 bits per heavy atom. The zero-order chi connectivity index (χ0) is 14.1. The maximum atomic E-state index is 11.4. The largest absolute Gasteiger partial charge is 0.478 e. The van der Waals surface area contributed by atoms with E-state index in [4.69, 9.17) is 11.6 Å². The highest BCUT2D eigenvalue weighted by Crippen LogP contribution is 2.32. The number of fused-ring (bicyclic) bond motifs is 1. The molecule has 0 spiro atoms. The minimum absolute atomic E-state index is 0.217. The molecule has 0 fully saturated rings. The highest BCUT2D eigenvalue weighted by Gasteiger charge is 2.14. The Kier molecular flexibility index (Phi) is 3.17. The summed E-state index contributed by atoms with van der Waals surface area (Å²) in [4.78, 5) is 11.4. The van der Waals surface area contributed by atoms with Crippen molar-refractivity contribution in [3.8, 4) is 11.1 Å². The van der Waals surface area contributed by atoms with Crippen LogP contribution in [-0.4, -0.2) is 11.1 Å². The summed E-state index contributed by atoms with van der Waals surface area (Å²) >= 11 is 5.90. The molecule has 3 aromatic rings. The van der Waals surface area contributed by atoms with E-state index in [2.05, 4.69) is 0 Å². The van der Waals surface area contributed by atoms with E-state index in [1.54, 1.807) is 12.1 Å². The Morgan fingerprint density at radius 2 is 1.65 bits per heavy atom. The maximum Gasteiger partial charge on any atom is 0.336 e. The van der Waals surface area contributed by atoms with E-state index in [0.29, 0.717) is 10.6 Å². The van der Waals surface area contributed by atoms with Crippen LogP contribution >= 0.6 is 11.6 Å². The Balaban J connectivity index is 2.34. The predicted octanol–water partition coefficient (Wildman–Crippen LogP) is 4.86. The van der Waals surface area contributed by atoms with Gasteiger partial charge in [-0.1, -0.05) is 60.1 Å². The quantitative estimate of drug-likeness (QED) is 0.729. The number of hydrogen-bond acceptors (Lipinski definition) is 1. The third-order valence-electron chi connectivity index (χ3n) is 3.29. The van der Waals surface area contributed by atoms with Crippen molar-refractivity contribution in [1.29, 1.82) is 0 Å². The van der Waals surface area contributed by atoms with Gasteiger partial charge in [0.05, 0.1) is 5.56 Å². The second kappa shape index (κ2) is 4.99. The molecule has 0 aliphatic heterocycles. The second-order valence-corrected chi connectivity index (χ2v) is 4.96. The molecule has 1 N–H and O–H groups in total. The topological polar surface area (TPSA) is 37.3 Å². The fourth-order valence-corrected chi connectivity index (χ4v) is 2.56. The van der Waals surface area contributed by atoms with Gasteiger partial charge in [0.2, 0.25) is 0 Å². The number of aromatic carboxylic acids is 1. The lowest BCUT2D eigenvalue weighted by molar-refractivity contribution is 0.0698. The summed E-state index contributed by atoms with van der Waals surface area (Å²) in [6, 6.07) is 18.7. The first kappa shape index (κ1) is 12.7. The molecule has 3 heteroatoms. The summed E-state index contributed by atoms with van der Waals surface area (Å²) in [7, 11) is 0. The van der Waals surface area contributed by atoms with E-state index in [9.17, 15) is 9.90 Å². The molecule has 3 aromatic carbocycles. The van der Waals surface area contributed by atoms with Crippen LogP contribution in [0, 0.1) is 0 Å². The normalized spacial score (nSPS) is 10.7. The minimum atomic E-state index is -0.976. The smallest absolute Gasteiger partial charge is 0.336 e. The van der Waals surface area contributed by atoms with Gasteiger partial charge in [0, 0.05) is 5.02 Å². The Bertz CT molecular complexity index is 804. The Labute approximate surface area is 121 Å².